The van der Waals surface area contributed by atoms with Crippen LogP contribution >= 0.6 is 0 Å². The van der Waals surface area contributed by atoms with Crippen LogP contribution < -0.4 is 5.56 Å². The Bertz CT molecular complexity index is 939. The van der Waals surface area contributed by atoms with Crippen molar-refractivity contribution in [2.24, 2.45) is 7.05 Å². The Hall–Kier alpha value is -2.91. The van der Waals surface area contributed by atoms with Gasteiger partial charge in [-0.3, -0.25) is 9.48 Å². The molecule has 0 aromatic carbocycles. The number of aromatic nitrogens is 5. The minimum absolute atomic E-state index is 0.151. The van der Waals surface area contributed by atoms with Gasteiger partial charge in [0.2, 0.25) is 5.82 Å². The van der Waals surface area contributed by atoms with E-state index in [1.165, 1.54) is 16.8 Å². The van der Waals surface area contributed by atoms with E-state index in [0.717, 1.165) is 17.3 Å². The average Bonchev–Trinajstić information content (AvgIpc) is 3.11. The molecule has 0 saturated heterocycles. The fourth-order valence-electron chi connectivity index (χ4n) is 2.12. The third-order valence-corrected chi connectivity index (χ3v) is 3.60. The van der Waals surface area contributed by atoms with Crippen LogP contribution in [-0.2, 0) is 19.8 Å². The molecule has 7 nitrogen and oxygen atoms in total. The van der Waals surface area contributed by atoms with Crippen LogP contribution in [0.15, 0.2) is 33.8 Å². The largest absolute Gasteiger partial charge is 0.471 e. The molecule has 0 radical (unpaired) electrons. The van der Waals surface area contributed by atoms with Gasteiger partial charge in [-0.05, 0) is 13.0 Å². The summed E-state index contributed by atoms with van der Waals surface area (Å²) in [5.74, 6) is -1.74. The van der Waals surface area contributed by atoms with Crippen LogP contribution in [0.3, 0.4) is 0 Å². The van der Waals surface area contributed by atoms with E-state index in [1.54, 1.807) is 17.9 Å². The quantitative estimate of drug-likeness (QED) is 0.729. The van der Waals surface area contributed by atoms with Crippen LogP contribution in [0.5, 0.6) is 0 Å². The van der Waals surface area contributed by atoms with Gasteiger partial charge in [0.25, 0.3) is 5.56 Å². The van der Waals surface area contributed by atoms with Crippen LogP contribution in [0.2, 0.25) is 0 Å². The number of rotatable bonds is 3. The Balaban J connectivity index is 1.89. The summed E-state index contributed by atoms with van der Waals surface area (Å²) >= 11 is 0. The number of hydrogen-bond donors (Lipinski definition) is 0. The van der Waals surface area contributed by atoms with Crippen molar-refractivity contribution in [1.82, 2.24) is 24.5 Å². The van der Waals surface area contributed by atoms with Crippen molar-refractivity contribution in [2.75, 3.05) is 0 Å². The van der Waals surface area contributed by atoms with Crippen molar-refractivity contribution in [3.63, 3.8) is 0 Å². The first-order valence-electron chi connectivity index (χ1n) is 6.85. The second kappa shape index (κ2) is 5.62. The van der Waals surface area contributed by atoms with Crippen LogP contribution in [0.1, 0.15) is 17.1 Å². The molecule has 0 unspecified atom stereocenters. The lowest BCUT2D eigenvalue weighted by Gasteiger charge is -2.05. The summed E-state index contributed by atoms with van der Waals surface area (Å²) in [5.41, 5.74) is 1.54. The molecule has 24 heavy (non-hydrogen) atoms. The predicted molar refractivity (Wildman–Crippen MR) is 76.0 cm³/mol. The Morgan fingerprint density at radius 3 is 2.62 bits per heavy atom. The van der Waals surface area contributed by atoms with E-state index in [0.29, 0.717) is 6.54 Å². The van der Waals surface area contributed by atoms with Crippen molar-refractivity contribution < 1.29 is 17.7 Å². The van der Waals surface area contributed by atoms with Gasteiger partial charge in [0.15, 0.2) is 0 Å². The standard InChI is InChI=1S/C14H12F3N5O2/c1-8-10(6-18-21(8)2)7-22-4-3-9(5-11(22)23)12-19-13(24-20-12)14(15,16)17/h3-6H,7H2,1-2H3. The molecule has 3 rings (SSSR count). The van der Waals surface area contributed by atoms with E-state index in [-0.39, 0.29) is 11.4 Å². The summed E-state index contributed by atoms with van der Waals surface area (Å²) in [6.07, 6.45) is -1.60. The number of alkyl halides is 3. The maximum Gasteiger partial charge on any atom is 0.471 e. The SMILES string of the molecule is Cc1c(Cn2ccc(-c3noc(C(F)(F)F)n3)cc2=O)cnn1C. The van der Waals surface area contributed by atoms with Crippen molar-refractivity contribution in [3.8, 4) is 11.4 Å². The van der Waals surface area contributed by atoms with E-state index in [9.17, 15) is 18.0 Å². The molecular formula is C14H12F3N5O2. The minimum Gasteiger partial charge on any atom is -0.329 e. The van der Waals surface area contributed by atoms with Crippen molar-refractivity contribution in [1.29, 1.82) is 0 Å². The van der Waals surface area contributed by atoms with Gasteiger partial charge in [0, 0.05) is 36.1 Å². The molecular weight excluding hydrogens is 327 g/mol. The highest BCUT2D eigenvalue weighted by Gasteiger charge is 2.38. The molecule has 0 bridgehead atoms. The molecule has 0 saturated carbocycles. The van der Waals surface area contributed by atoms with Crippen molar-refractivity contribution in [2.45, 2.75) is 19.6 Å². The molecule has 0 aliphatic carbocycles. The molecule has 0 fully saturated rings. The number of pyridine rings is 1. The highest BCUT2D eigenvalue weighted by molar-refractivity contribution is 5.52. The third-order valence-electron chi connectivity index (χ3n) is 3.60. The van der Waals surface area contributed by atoms with Gasteiger partial charge in [-0.25, -0.2) is 0 Å². The van der Waals surface area contributed by atoms with Gasteiger partial charge in [-0.15, -0.1) is 0 Å². The monoisotopic (exact) mass is 339 g/mol. The summed E-state index contributed by atoms with van der Waals surface area (Å²) in [6, 6.07) is 2.62. The Labute approximate surface area is 133 Å². The number of nitrogens with zero attached hydrogens (tertiary/aromatic N) is 5. The summed E-state index contributed by atoms with van der Waals surface area (Å²) in [7, 11) is 1.79. The maximum atomic E-state index is 12.5. The Kier molecular flexibility index (Phi) is 3.74. The smallest absolute Gasteiger partial charge is 0.329 e. The van der Waals surface area contributed by atoms with Gasteiger partial charge in [-0.1, -0.05) is 5.16 Å². The molecule has 0 aliphatic rings. The third kappa shape index (κ3) is 2.94. The Morgan fingerprint density at radius 2 is 2.08 bits per heavy atom. The summed E-state index contributed by atoms with van der Waals surface area (Å²) in [5, 5.41) is 7.35. The predicted octanol–water partition coefficient (Wildman–Crippen LogP) is 2.01. The summed E-state index contributed by atoms with van der Waals surface area (Å²) < 4.78 is 44.7. The molecule has 0 aliphatic heterocycles. The van der Waals surface area contributed by atoms with Gasteiger partial charge < -0.3 is 9.09 Å². The van der Waals surface area contributed by atoms with E-state index >= 15 is 0 Å². The molecule has 10 heteroatoms. The van der Waals surface area contributed by atoms with Gasteiger partial charge in [-0.2, -0.15) is 23.3 Å². The second-order valence-electron chi connectivity index (χ2n) is 5.18. The number of hydrogen-bond acceptors (Lipinski definition) is 5. The first-order chi connectivity index (χ1) is 11.3. The lowest BCUT2D eigenvalue weighted by Crippen LogP contribution is -2.19. The molecule has 0 N–H and O–H groups in total. The van der Waals surface area contributed by atoms with Crippen molar-refractivity contribution in [3.05, 3.63) is 52.0 Å². The van der Waals surface area contributed by atoms with Crippen LogP contribution in [0.25, 0.3) is 11.4 Å². The lowest BCUT2D eigenvalue weighted by atomic mass is 10.2. The van der Waals surface area contributed by atoms with E-state index in [1.807, 2.05) is 6.92 Å². The topological polar surface area (TPSA) is 78.7 Å². The van der Waals surface area contributed by atoms with Crippen LogP contribution in [-0.4, -0.2) is 24.5 Å². The van der Waals surface area contributed by atoms with E-state index < -0.39 is 17.6 Å². The summed E-state index contributed by atoms with van der Waals surface area (Å²) in [4.78, 5) is 15.4. The summed E-state index contributed by atoms with van der Waals surface area (Å²) in [6.45, 7) is 2.18. The average molecular weight is 339 g/mol. The molecule has 0 spiro atoms. The molecule has 0 atom stereocenters. The second-order valence-corrected chi connectivity index (χ2v) is 5.18. The van der Waals surface area contributed by atoms with Crippen molar-refractivity contribution >= 4 is 0 Å². The van der Waals surface area contributed by atoms with Gasteiger partial charge in [0.1, 0.15) is 0 Å². The maximum absolute atomic E-state index is 12.5. The van der Waals surface area contributed by atoms with Gasteiger partial charge in [0.05, 0.1) is 12.7 Å². The minimum atomic E-state index is -4.72. The van der Waals surface area contributed by atoms with Gasteiger partial charge >= 0.3 is 12.1 Å². The zero-order valence-electron chi connectivity index (χ0n) is 12.7. The Morgan fingerprint density at radius 1 is 1.33 bits per heavy atom. The fraction of sp³-hybridized carbons (Fsp3) is 0.286. The van der Waals surface area contributed by atoms with Crippen LogP contribution in [0, 0.1) is 6.92 Å². The highest BCUT2D eigenvalue weighted by Crippen LogP contribution is 2.29. The molecule has 3 aromatic rings. The normalized spacial score (nSPS) is 11.9. The van der Waals surface area contributed by atoms with E-state index in [4.69, 9.17) is 0 Å². The zero-order chi connectivity index (χ0) is 17.5. The lowest BCUT2D eigenvalue weighted by molar-refractivity contribution is -0.159. The fourth-order valence-corrected chi connectivity index (χ4v) is 2.12. The van der Waals surface area contributed by atoms with E-state index in [2.05, 4.69) is 19.8 Å². The molecule has 0 amide bonds. The molecule has 3 aromatic heterocycles. The molecule has 3 heterocycles. The highest BCUT2D eigenvalue weighted by atomic mass is 19.4. The van der Waals surface area contributed by atoms with Crippen LogP contribution in [0.4, 0.5) is 13.2 Å². The first kappa shape index (κ1) is 16.0. The zero-order valence-corrected chi connectivity index (χ0v) is 12.7. The first-order valence-corrected chi connectivity index (χ1v) is 6.85. The number of aryl methyl sites for hydroxylation is 1. The molecule has 126 valence electrons. The number of halogens is 3.